The van der Waals surface area contributed by atoms with Crippen LogP contribution in [0.15, 0.2) is 23.1 Å². The maximum Gasteiger partial charge on any atom is 0.261 e. The smallest absolute Gasteiger partial charge is 0.241 e. The molecule has 2 rings (SSSR count). The largest absolute Gasteiger partial charge is 0.261 e. The highest BCUT2D eigenvalue weighted by Gasteiger charge is 2.12. The summed E-state index contributed by atoms with van der Waals surface area (Å²) in [5.74, 6) is 0. The molecule has 0 aliphatic rings. The fourth-order valence-corrected chi connectivity index (χ4v) is 3.25. The molecule has 0 amide bonds. The van der Waals surface area contributed by atoms with Crippen molar-refractivity contribution in [3.8, 4) is 0 Å². The summed E-state index contributed by atoms with van der Waals surface area (Å²) in [5, 5.41) is 1.03. The van der Waals surface area contributed by atoms with Crippen molar-refractivity contribution >= 4 is 41.3 Å². The fraction of sp³-hybridized carbons (Fsp3) is 0.300. The van der Waals surface area contributed by atoms with Crippen LogP contribution in [0.5, 0.6) is 0 Å². The van der Waals surface area contributed by atoms with Crippen molar-refractivity contribution in [2.24, 2.45) is 0 Å². The molecule has 6 heteroatoms. The van der Waals surface area contributed by atoms with Gasteiger partial charge in [0, 0.05) is 10.7 Å². The Hall–Kier alpha value is -0.650. The molecule has 0 radical (unpaired) electrons. The van der Waals surface area contributed by atoms with Crippen LogP contribution in [0.2, 0.25) is 0 Å². The minimum Gasteiger partial charge on any atom is -0.241 e. The molecule has 0 saturated heterocycles. The van der Waals surface area contributed by atoms with Gasteiger partial charge in [0.15, 0.2) is 0 Å². The highest BCUT2D eigenvalue weighted by molar-refractivity contribution is 8.13. The SMILES string of the molecule is CCCc1nc2cc(S(=O)(=O)Cl)ccc2s1. The van der Waals surface area contributed by atoms with Crippen LogP contribution in [0.25, 0.3) is 10.2 Å². The van der Waals surface area contributed by atoms with Crippen molar-refractivity contribution in [2.45, 2.75) is 24.7 Å². The molecule has 1 heterocycles. The van der Waals surface area contributed by atoms with Crippen molar-refractivity contribution in [3.05, 3.63) is 23.2 Å². The van der Waals surface area contributed by atoms with E-state index in [1.54, 1.807) is 17.4 Å². The molecule has 16 heavy (non-hydrogen) atoms. The van der Waals surface area contributed by atoms with Gasteiger partial charge in [0.05, 0.1) is 20.1 Å². The average molecular weight is 276 g/mol. The second kappa shape index (κ2) is 4.31. The molecule has 0 bridgehead atoms. The lowest BCUT2D eigenvalue weighted by atomic mass is 10.3. The van der Waals surface area contributed by atoms with E-state index < -0.39 is 9.05 Å². The summed E-state index contributed by atoms with van der Waals surface area (Å²) < 4.78 is 23.3. The molecule has 0 N–H and O–H groups in total. The number of hydrogen-bond acceptors (Lipinski definition) is 4. The number of rotatable bonds is 3. The number of fused-ring (bicyclic) bond motifs is 1. The monoisotopic (exact) mass is 275 g/mol. The molecule has 0 fully saturated rings. The highest BCUT2D eigenvalue weighted by atomic mass is 35.7. The zero-order chi connectivity index (χ0) is 11.8. The van der Waals surface area contributed by atoms with Crippen molar-refractivity contribution < 1.29 is 8.42 Å². The normalized spacial score (nSPS) is 12.1. The van der Waals surface area contributed by atoms with Gasteiger partial charge in [-0.05, 0) is 31.0 Å². The third kappa shape index (κ3) is 2.36. The molecular formula is C10H10ClNO2S2. The molecule has 0 spiro atoms. The predicted octanol–water partition coefficient (Wildman–Crippen LogP) is 3.18. The van der Waals surface area contributed by atoms with E-state index in [4.69, 9.17) is 10.7 Å². The number of thiazole rings is 1. The molecular weight excluding hydrogens is 266 g/mol. The minimum absolute atomic E-state index is 0.106. The van der Waals surface area contributed by atoms with E-state index in [1.165, 1.54) is 12.1 Å². The number of hydrogen-bond donors (Lipinski definition) is 0. The highest BCUT2D eigenvalue weighted by Crippen LogP contribution is 2.26. The Morgan fingerprint density at radius 3 is 2.81 bits per heavy atom. The van der Waals surface area contributed by atoms with E-state index in [2.05, 4.69) is 11.9 Å². The van der Waals surface area contributed by atoms with Gasteiger partial charge in [0.2, 0.25) is 0 Å². The molecule has 0 atom stereocenters. The van der Waals surface area contributed by atoms with Gasteiger partial charge in [-0.3, -0.25) is 0 Å². The van der Waals surface area contributed by atoms with Crippen molar-refractivity contribution in [3.63, 3.8) is 0 Å². The molecule has 1 aromatic carbocycles. The third-order valence-corrected chi connectivity index (χ3v) is 4.60. The lowest BCUT2D eigenvalue weighted by Crippen LogP contribution is -1.89. The molecule has 0 saturated carbocycles. The van der Waals surface area contributed by atoms with Crippen molar-refractivity contribution in [1.82, 2.24) is 4.98 Å². The van der Waals surface area contributed by atoms with E-state index in [9.17, 15) is 8.42 Å². The number of aromatic nitrogens is 1. The van der Waals surface area contributed by atoms with Gasteiger partial charge in [-0.25, -0.2) is 13.4 Å². The van der Waals surface area contributed by atoms with E-state index in [0.717, 1.165) is 22.5 Å². The number of nitrogens with zero attached hydrogens (tertiary/aromatic N) is 1. The van der Waals surface area contributed by atoms with Gasteiger partial charge in [-0.2, -0.15) is 0 Å². The Labute approximate surface area is 103 Å². The van der Waals surface area contributed by atoms with Gasteiger partial charge in [-0.15, -0.1) is 11.3 Å². The second-order valence-corrected chi connectivity index (χ2v) is 7.11. The summed E-state index contributed by atoms with van der Waals surface area (Å²) in [5.41, 5.74) is 0.704. The van der Waals surface area contributed by atoms with Crippen LogP contribution in [-0.2, 0) is 15.5 Å². The first-order valence-corrected chi connectivity index (χ1v) is 7.97. The molecule has 0 aliphatic carbocycles. The quantitative estimate of drug-likeness (QED) is 0.809. The topological polar surface area (TPSA) is 47.0 Å². The Kier molecular flexibility index (Phi) is 3.19. The molecule has 1 aromatic heterocycles. The Bertz CT molecular complexity index is 619. The lowest BCUT2D eigenvalue weighted by Gasteiger charge is -1.94. The zero-order valence-corrected chi connectivity index (χ0v) is 11.0. The van der Waals surface area contributed by atoms with Crippen LogP contribution in [-0.4, -0.2) is 13.4 Å². The van der Waals surface area contributed by atoms with Crippen LogP contribution >= 0.6 is 22.0 Å². The molecule has 2 aromatic rings. The lowest BCUT2D eigenvalue weighted by molar-refractivity contribution is 0.609. The van der Waals surface area contributed by atoms with Crippen LogP contribution in [0.4, 0.5) is 0 Å². The first kappa shape index (κ1) is 11.8. The first-order chi connectivity index (χ1) is 7.50. The van der Waals surface area contributed by atoms with E-state index in [-0.39, 0.29) is 4.90 Å². The van der Waals surface area contributed by atoms with Gasteiger partial charge in [0.1, 0.15) is 0 Å². The summed E-state index contributed by atoms with van der Waals surface area (Å²) in [6, 6.07) is 4.79. The summed E-state index contributed by atoms with van der Waals surface area (Å²) >= 11 is 1.59. The molecule has 0 unspecified atom stereocenters. The van der Waals surface area contributed by atoms with Gasteiger partial charge in [-0.1, -0.05) is 6.92 Å². The van der Waals surface area contributed by atoms with E-state index in [1.807, 2.05) is 0 Å². The molecule has 86 valence electrons. The summed E-state index contributed by atoms with van der Waals surface area (Å²) in [4.78, 5) is 4.48. The zero-order valence-electron chi connectivity index (χ0n) is 8.60. The van der Waals surface area contributed by atoms with Crippen LogP contribution < -0.4 is 0 Å². The van der Waals surface area contributed by atoms with Crippen LogP contribution in [0, 0.1) is 0 Å². The van der Waals surface area contributed by atoms with E-state index >= 15 is 0 Å². The van der Waals surface area contributed by atoms with Crippen LogP contribution in [0.1, 0.15) is 18.4 Å². The average Bonchev–Trinajstić information content (AvgIpc) is 2.57. The molecule has 0 aliphatic heterocycles. The Morgan fingerprint density at radius 1 is 1.44 bits per heavy atom. The Balaban J connectivity index is 2.54. The fourth-order valence-electron chi connectivity index (χ4n) is 1.43. The summed E-state index contributed by atoms with van der Waals surface area (Å²) in [6.45, 7) is 2.08. The number of aryl methyl sites for hydroxylation is 1. The first-order valence-electron chi connectivity index (χ1n) is 4.85. The predicted molar refractivity (Wildman–Crippen MR) is 66.7 cm³/mol. The van der Waals surface area contributed by atoms with Crippen molar-refractivity contribution in [2.75, 3.05) is 0 Å². The molecule has 3 nitrogen and oxygen atoms in total. The van der Waals surface area contributed by atoms with Gasteiger partial charge >= 0.3 is 0 Å². The third-order valence-electron chi connectivity index (χ3n) is 2.15. The van der Waals surface area contributed by atoms with Crippen LogP contribution in [0.3, 0.4) is 0 Å². The van der Waals surface area contributed by atoms with Gasteiger partial charge in [0.25, 0.3) is 9.05 Å². The van der Waals surface area contributed by atoms with Crippen molar-refractivity contribution in [1.29, 1.82) is 0 Å². The Morgan fingerprint density at radius 2 is 2.19 bits per heavy atom. The minimum atomic E-state index is -3.66. The number of halogens is 1. The number of benzene rings is 1. The second-order valence-electron chi connectivity index (χ2n) is 3.42. The van der Waals surface area contributed by atoms with E-state index in [0.29, 0.717) is 5.52 Å². The standard InChI is InChI=1S/C10H10ClNO2S2/c1-2-3-10-12-8-6-7(16(11,13)14)4-5-9(8)15-10/h4-6H,2-3H2,1H3. The maximum atomic E-state index is 11.2. The summed E-state index contributed by atoms with van der Waals surface area (Å²) in [7, 11) is 1.61. The maximum absolute atomic E-state index is 11.2. The van der Waals surface area contributed by atoms with Gasteiger partial charge < -0.3 is 0 Å². The summed E-state index contributed by atoms with van der Waals surface area (Å²) in [6.07, 6.45) is 1.95.